The highest BCUT2D eigenvalue weighted by atomic mass is 16.5. The Morgan fingerprint density at radius 3 is 2.89 bits per heavy atom. The third-order valence-corrected chi connectivity index (χ3v) is 2.87. The number of hydrogen-bond donors (Lipinski definition) is 1. The summed E-state index contributed by atoms with van der Waals surface area (Å²) in [7, 11) is 1.85. The van der Waals surface area contributed by atoms with Crippen molar-refractivity contribution < 1.29 is 4.74 Å². The Balaban J connectivity index is 1.59. The zero-order valence-electron chi connectivity index (χ0n) is 10.3. The van der Waals surface area contributed by atoms with Crippen LogP contribution in [-0.2, 0) is 13.6 Å². The van der Waals surface area contributed by atoms with Gasteiger partial charge in [0.1, 0.15) is 0 Å². The van der Waals surface area contributed by atoms with E-state index in [0.717, 1.165) is 12.6 Å². The molecule has 1 fully saturated rings. The summed E-state index contributed by atoms with van der Waals surface area (Å²) in [6, 6.07) is 4.64. The second-order valence-corrected chi connectivity index (χ2v) is 4.61. The highest BCUT2D eigenvalue weighted by Crippen LogP contribution is 2.20. The number of aromatic nitrogens is 3. The molecule has 0 atom stereocenters. The van der Waals surface area contributed by atoms with Crippen molar-refractivity contribution in [2.45, 2.75) is 25.4 Å². The first kappa shape index (κ1) is 11.2. The molecule has 0 unspecified atom stereocenters. The van der Waals surface area contributed by atoms with Crippen LogP contribution in [0.15, 0.2) is 30.7 Å². The number of pyridine rings is 1. The standard InChI is InChI=1S/C13H16N4O/c1-17-9-12(8-16-17)18-13-5-2-10(7-15-13)6-14-11-3-4-11/h2,5,7-9,11,14H,3-4,6H2,1H3. The van der Waals surface area contributed by atoms with Crippen molar-refractivity contribution in [2.75, 3.05) is 0 Å². The van der Waals surface area contributed by atoms with Gasteiger partial charge in [0.25, 0.3) is 0 Å². The molecular formula is C13H16N4O. The van der Waals surface area contributed by atoms with Crippen LogP contribution < -0.4 is 10.1 Å². The molecule has 3 rings (SSSR count). The van der Waals surface area contributed by atoms with Crippen LogP contribution in [0.2, 0.25) is 0 Å². The fourth-order valence-electron chi connectivity index (χ4n) is 1.70. The molecule has 1 aliphatic rings. The number of hydrogen-bond acceptors (Lipinski definition) is 4. The molecule has 1 saturated carbocycles. The summed E-state index contributed by atoms with van der Waals surface area (Å²) in [5.74, 6) is 1.30. The van der Waals surface area contributed by atoms with Crippen LogP contribution >= 0.6 is 0 Å². The van der Waals surface area contributed by atoms with Gasteiger partial charge in [-0.05, 0) is 18.4 Å². The normalized spacial score (nSPS) is 14.7. The van der Waals surface area contributed by atoms with Crippen molar-refractivity contribution in [2.24, 2.45) is 7.05 Å². The van der Waals surface area contributed by atoms with Gasteiger partial charge in [-0.3, -0.25) is 4.68 Å². The van der Waals surface area contributed by atoms with Gasteiger partial charge in [-0.1, -0.05) is 6.07 Å². The number of nitrogens with zero attached hydrogens (tertiary/aromatic N) is 3. The van der Waals surface area contributed by atoms with Crippen LogP contribution in [0.4, 0.5) is 0 Å². The van der Waals surface area contributed by atoms with Crippen LogP contribution in [0.3, 0.4) is 0 Å². The molecule has 5 nitrogen and oxygen atoms in total. The zero-order valence-corrected chi connectivity index (χ0v) is 10.3. The highest BCUT2D eigenvalue weighted by Gasteiger charge is 2.19. The van der Waals surface area contributed by atoms with Gasteiger partial charge in [-0.25, -0.2) is 4.98 Å². The number of aryl methyl sites for hydroxylation is 1. The Kier molecular flexibility index (Phi) is 2.98. The van der Waals surface area contributed by atoms with Gasteiger partial charge in [-0.15, -0.1) is 0 Å². The Bertz CT molecular complexity index is 516. The van der Waals surface area contributed by atoms with E-state index in [0.29, 0.717) is 11.6 Å². The Morgan fingerprint density at radius 1 is 1.39 bits per heavy atom. The van der Waals surface area contributed by atoms with E-state index >= 15 is 0 Å². The molecule has 2 aromatic heterocycles. The third kappa shape index (κ3) is 2.87. The molecular weight excluding hydrogens is 228 g/mol. The maximum Gasteiger partial charge on any atom is 0.219 e. The predicted octanol–water partition coefficient (Wildman–Crippen LogP) is 1.86. The van der Waals surface area contributed by atoms with Gasteiger partial charge >= 0.3 is 0 Å². The lowest BCUT2D eigenvalue weighted by Gasteiger charge is -2.04. The van der Waals surface area contributed by atoms with Crippen LogP contribution in [-0.4, -0.2) is 20.8 Å². The number of ether oxygens (including phenoxy) is 1. The first-order chi connectivity index (χ1) is 8.79. The lowest BCUT2D eigenvalue weighted by atomic mass is 10.3. The summed E-state index contributed by atoms with van der Waals surface area (Å²) in [6.07, 6.45) is 7.93. The van der Waals surface area contributed by atoms with E-state index in [1.54, 1.807) is 10.9 Å². The average Bonchev–Trinajstić information content (AvgIpc) is 3.12. The zero-order chi connectivity index (χ0) is 12.4. The molecule has 0 aromatic carbocycles. The van der Waals surface area contributed by atoms with Gasteiger partial charge in [0, 0.05) is 31.9 Å². The third-order valence-electron chi connectivity index (χ3n) is 2.87. The monoisotopic (exact) mass is 244 g/mol. The van der Waals surface area contributed by atoms with Crippen molar-refractivity contribution in [1.82, 2.24) is 20.1 Å². The second kappa shape index (κ2) is 4.78. The first-order valence-corrected chi connectivity index (χ1v) is 6.14. The summed E-state index contributed by atoms with van der Waals surface area (Å²) in [5.41, 5.74) is 1.18. The quantitative estimate of drug-likeness (QED) is 0.872. The fraction of sp³-hybridized carbons (Fsp3) is 0.385. The van der Waals surface area contributed by atoms with E-state index in [4.69, 9.17) is 4.74 Å². The fourth-order valence-corrected chi connectivity index (χ4v) is 1.70. The Hall–Kier alpha value is -1.88. The molecule has 2 aromatic rings. The summed E-state index contributed by atoms with van der Waals surface area (Å²) >= 11 is 0. The Labute approximate surface area is 106 Å². The molecule has 1 aliphatic carbocycles. The molecule has 0 saturated heterocycles. The van der Waals surface area contributed by atoms with Crippen LogP contribution in [0.5, 0.6) is 11.6 Å². The summed E-state index contributed by atoms with van der Waals surface area (Å²) in [6.45, 7) is 0.880. The molecule has 94 valence electrons. The van der Waals surface area contributed by atoms with E-state index in [1.807, 2.05) is 31.6 Å². The van der Waals surface area contributed by atoms with Crippen molar-refractivity contribution in [3.8, 4) is 11.6 Å². The van der Waals surface area contributed by atoms with Gasteiger partial charge in [0.05, 0.1) is 12.4 Å². The van der Waals surface area contributed by atoms with Gasteiger partial charge in [-0.2, -0.15) is 5.10 Å². The molecule has 0 bridgehead atoms. The summed E-state index contributed by atoms with van der Waals surface area (Å²) in [4.78, 5) is 4.28. The molecule has 0 amide bonds. The minimum absolute atomic E-state index is 0.596. The van der Waals surface area contributed by atoms with E-state index in [1.165, 1.54) is 18.4 Å². The minimum atomic E-state index is 0.596. The van der Waals surface area contributed by atoms with Crippen molar-refractivity contribution >= 4 is 0 Å². The van der Waals surface area contributed by atoms with Gasteiger partial charge in [0.2, 0.25) is 5.88 Å². The first-order valence-electron chi connectivity index (χ1n) is 6.14. The number of nitrogens with one attached hydrogen (secondary N) is 1. The SMILES string of the molecule is Cn1cc(Oc2ccc(CNC3CC3)cn2)cn1. The van der Waals surface area contributed by atoms with E-state index in [9.17, 15) is 0 Å². The summed E-state index contributed by atoms with van der Waals surface area (Å²) in [5, 5.41) is 7.49. The number of rotatable bonds is 5. The van der Waals surface area contributed by atoms with Crippen molar-refractivity contribution in [3.05, 3.63) is 36.3 Å². The molecule has 0 spiro atoms. The smallest absolute Gasteiger partial charge is 0.219 e. The topological polar surface area (TPSA) is 52.0 Å². The molecule has 2 heterocycles. The molecule has 0 radical (unpaired) electrons. The lowest BCUT2D eigenvalue weighted by Crippen LogP contribution is -2.15. The predicted molar refractivity (Wildman–Crippen MR) is 67.4 cm³/mol. The second-order valence-electron chi connectivity index (χ2n) is 4.61. The lowest BCUT2D eigenvalue weighted by molar-refractivity contribution is 0.461. The van der Waals surface area contributed by atoms with Crippen molar-refractivity contribution in [3.63, 3.8) is 0 Å². The van der Waals surface area contributed by atoms with Crippen LogP contribution in [0.25, 0.3) is 0 Å². The maximum absolute atomic E-state index is 5.58. The largest absolute Gasteiger partial charge is 0.436 e. The molecule has 0 aliphatic heterocycles. The molecule has 5 heteroatoms. The van der Waals surface area contributed by atoms with Gasteiger partial charge < -0.3 is 10.1 Å². The maximum atomic E-state index is 5.58. The minimum Gasteiger partial charge on any atom is -0.436 e. The Morgan fingerprint density at radius 2 is 2.28 bits per heavy atom. The van der Waals surface area contributed by atoms with Gasteiger partial charge in [0.15, 0.2) is 5.75 Å². The van der Waals surface area contributed by atoms with E-state index in [2.05, 4.69) is 15.4 Å². The van der Waals surface area contributed by atoms with Crippen LogP contribution in [0, 0.1) is 0 Å². The summed E-state index contributed by atoms with van der Waals surface area (Å²) < 4.78 is 7.27. The highest BCUT2D eigenvalue weighted by molar-refractivity contribution is 5.23. The van der Waals surface area contributed by atoms with Crippen LogP contribution in [0.1, 0.15) is 18.4 Å². The molecule has 18 heavy (non-hydrogen) atoms. The molecule has 1 N–H and O–H groups in total. The van der Waals surface area contributed by atoms with Crippen molar-refractivity contribution in [1.29, 1.82) is 0 Å². The van der Waals surface area contributed by atoms with E-state index in [-0.39, 0.29) is 0 Å². The average molecular weight is 244 g/mol. The van der Waals surface area contributed by atoms with E-state index < -0.39 is 0 Å².